The van der Waals surface area contributed by atoms with Crippen molar-refractivity contribution in [2.24, 2.45) is 0 Å². The minimum absolute atomic E-state index is 0.184. The molecule has 2 aromatic carbocycles. The van der Waals surface area contributed by atoms with E-state index in [9.17, 15) is 45.8 Å². The maximum Gasteiger partial charge on any atom is 0.573 e. The van der Waals surface area contributed by atoms with Crippen LogP contribution in [0.15, 0.2) is 41.2 Å². The van der Waals surface area contributed by atoms with Crippen LogP contribution in [0.3, 0.4) is 0 Å². The molecule has 0 radical (unpaired) electrons. The molecule has 1 amide bonds. The predicted octanol–water partition coefficient (Wildman–Crippen LogP) is 4.83. The summed E-state index contributed by atoms with van der Waals surface area (Å²) in [6.07, 6.45) is -11.0. The second-order valence-corrected chi connectivity index (χ2v) is 9.97. The van der Waals surface area contributed by atoms with E-state index in [4.69, 9.17) is 9.47 Å². The van der Waals surface area contributed by atoms with Gasteiger partial charge < -0.3 is 24.6 Å². The number of halogens is 6. The van der Waals surface area contributed by atoms with Gasteiger partial charge in [-0.05, 0) is 50.6 Å². The number of nitrogens with one attached hydrogen (secondary N) is 1. The maximum atomic E-state index is 13.5. The number of ether oxygens (including phenoxy) is 3. The molecule has 15 heteroatoms. The molecule has 0 aliphatic carbocycles. The highest BCUT2D eigenvalue weighted by molar-refractivity contribution is 6.06. The minimum atomic E-state index is -5.23. The molecule has 2 N–H and O–H groups in total. The van der Waals surface area contributed by atoms with E-state index in [1.807, 2.05) is 0 Å². The number of carbonyl (C=O) groups excluding carboxylic acids is 2. The van der Waals surface area contributed by atoms with Gasteiger partial charge >= 0.3 is 18.5 Å². The number of benzene rings is 2. The van der Waals surface area contributed by atoms with Gasteiger partial charge in [-0.1, -0.05) is 12.1 Å². The molecule has 2 heterocycles. The van der Waals surface area contributed by atoms with E-state index in [0.29, 0.717) is 0 Å². The molecule has 1 atom stereocenters. The van der Waals surface area contributed by atoms with Crippen LogP contribution in [-0.2, 0) is 22.3 Å². The van der Waals surface area contributed by atoms with Crippen molar-refractivity contribution in [3.8, 4) is 17.2 Å². The summed E-state index contributed by atoms with van der Waals surface area (Å²) in [6, 6.07) is 5.61. The van der Waals surface area contributed by atoms with Gasteiger partial charge in [0.1, 0.15) is 46.6 Å². The molecule has 0 spiro atoms. The Morgan fingerprint density at radius 1 is 1.05 bits per heavy atom. The average Bonchev–Trinajstić information content (AvgIpc) is 2.83. The van der Waals surface area contributed by atoms with Crippen LogP contribution in [0, 0.1) is 0 Å². The van der Waals surface area contributed by atoms with Gasteiger partial charge in [-0.3, -0.25) is 19.0 Å². The Hall–Kier alpha value is -4.43. The SMILES string of the molecule is CC(C)(C)OC(=O)CNC(=O)c1c(O)c2c(OC(F)(F)F)ccc3c2n(c1=O)CC(c1ccc(C(F)(F)F)cc1)O3. The van der Waals surface area contributed by atoms with E-state index in [1.165, 1.54) is 0 Å². The molecule has 1 aliphatic heterocycles. The van der Waals surface area contributed by atoms with Gasteiger partial charge in [0.25, 0.3) is 11.5 Å². The number of aromatic nitrogens is 1. The Morgan fingerprint density at radius 3 is 2.24 bits per heavy atom. The second kappa shape index (κ2) is 10.2. The topological polar surface area (TPSA) is 116 Å². The Morgan fingerprint density at radius 2 is 1.68 bits per heavy atom. The number of pyridine rings is 1. The van der Waals surface area contributed by atoms with Gasteiger partial charge in [0, 0.05) is 0 Å². The monoisotopic (exact) mass is 588 g/mol. The van der Waals surface area contributed by atoms with E-state index < -0.39 is 82.8 Å². The number of rotatable bonds is 5. The normalized spacial score (nSPS) is 15.3. The van der Waals surface area contributed by atoms with Crippen LogP contribution in [0.5, 0.6) is 17.2 Å². The lowest BCUT2D eigenvalue weighted by atomic mass is 10.0. The number of aromatic hydroxyl groups is 1. The molecule has 220 valence electrons. The number of hydrogen-bond acceptors (Lipinski definition) is 7. The summed E-state index contributed by atoms with van der Waals surface area (Å²) in [4.78, 5) is 38.4. The summed E-state index contributed by atoms with van der Waals surface area (Å²) >= 11 is 0. The number of alkyl halides is 6. The lowest BCUT2D eigenvalue weighted by Crippen LogP contribution is -2.39. The quantitative estimate of drug-likeness (QED) is 0.324. The van der Waals surface area contributed by atoms with Crippen LogP contribution < -0.4 is 20.3 Å². The molecule has 1 unspecified atom stereocenters. The van der Waals surface area contributed by atoms with Crippen molar-refractivity contribution in [3.05, 3.63) is 63.4 Å². The van der Waals surface area contributed by atoms with Crippen molar-refractivity contribution in [1.82, 2.24) is 9.88 Å². The zero-order valence-electron chi connectivity index (χ0n) is 21.6. The third-order valence-corrected chi connectivity index (χ3v) is 5.80. The number of nitrogens with zero attached hydrogens (tertiary/aromatic N) is 1. The van der Waals surface area contributed by atoms with Crippen LogP contribution in [-0.4, -0.2) is 40.1 Å². The van der Waals surface area contributed by atoms with Crippen molar-refractivity contribution < 1.29 is 55.2 Å². The molecule has 1 aromatic heterocycles. The van der Waals surface area contributed by atoms with E-state index >= 15 is 0 Å². The summed E-state index contributed by atoms with van der Waals surface area (Å²) < 4.78 is 94.2. The summed E-state index contributed by atoms with van der Waals surface area (Å²) in [6.45, 7) is 3.49. The highest BCUT2D eigenvalue weighted by Crippen LogP contribution is 2.45. The third kappa shape index (κ3) is 6.33. The first-order valence-corrected chi connectivity index (χ1v) is 11.9. The molecular formula is C26H22F6N2O7. The number of hydrogen-bond donors (Lipinski definition) is 2. The fraction of sp³-hybridized carbons (Fsp3) is 0.346. The zero-order chi connectivity index (χ0) is 30.5. The molecule has 41 heavy (non-hydrogen) atoms. The van der Waals surface area contributed by atoms with E-state index in [1.54, 1.807) is 20.8 Å². The molecule has 0 saturated carbocycles. The first-order valence-electron chi connectivity index (χ1n) is 11.9. The van der Waals surface area contributed by atoms with Crippen LogP contribution in [0.25, 0.3) is 10.9 Å². The standard InChI is InChI=1S/C26H22F6N2O7/c1-24(2,3)41-17(35)10-33-22(37)19-21(36)18-14(40-26(30,31)32)8-9-15-20(18)34(23(19)38)11-16(39-15)12-4-6-13(7-5-12)25(27,28)29/h4-9,16,36H,10-11H2,1-3H3,(H,33,37). The fourth-order valence-corrected chi connectivity index (χ4v) is 4.23. The van der Waals surface area contributed by atoms with Gasteiger partial charge in [-0.15, -0.1) is 13.2 Å². The van der Waals surface area contributed by atoms with E-state index in [2.05, 4.69) is 10.1 Å². The first-order chi connectivity index (χ1) is 18.9. The number of carbonyl (C=O) groups is 2. The average molecular weight is 588 g/mol. The Bertz CT molecular complexity index is 1570. The van der Waals surface area contributed by atoms with E-state index in [0.717, 1.165) is 41.0 Å². The minimum Gasteiger partial charge on any atom is -0.506 e. The summed E-state index contributed by atoms with van der Waals surface area (Å²) in [5, 5.41) is 12.3. The van der Waals surface area contributed by atoms with Gasteiger partial charge in [0.2, 0.25) is 0 Å². The molecule has 0 fully saturated rings. The number of esters is 1. The molecule has 4 rings (SSSR count). The molecule has 9 nitrogen and oxygen atoms in total. The highest BCUT2D eigenvalue weighted by Gasteiger charge is 2.37. The molecule has 0 saturated heterocycles. The molecule has 3 aromatic rings. The van der Waals surface area contributed by atoms with Crippen molar-refractivity contribution in [1.29, 1.82) is 0 Å². The van der Waals surface area contributed by atoms with Crippen molar-refractivity contribution >= 4 is 22.8 Å². The smallest absolute Gasteiger partial charge is 0.506 e. The molecular weight excluding hydrogens is 566 g/mol. The Kier molecular flexibility index (Phi) is 7.35. The van der Waals surface area contributed by atoms with Gasteiger partial charge in [0.05, 0.1) is 17.5 Å². The Balaban J connectivity index is 1.81. The summed E-state index contributed by atoms with van der Waals surface area (Å²) in [5.41, 5.74) is -4.19. The summed E-state index contributed by atoms with van der Waals surface area (Å²) in [7, 11) is 0. The third-order valence-electron chi connectivity index (χ3n) is 5.80. The largest absolute Gasteiger partial charge is 0.573 e. The van der Waals surface area contributed by atoms with Crippen molar-refractivity contribution in [2.75, 3.05) is 6.54 Å². The lowest BCUT2D eigenvalue weighted by molar-refractivity contribution is -0.274. The Labute approximate surface area is 227 Å². The van der Waals surface area contributed by atoms with Crippen LogP contribution >= 0.6 is 0 Å². The zero-order valence-corrected chi connectivity index (χ0v) is 21.6. The molecule has 0 bridgehead atoms. The summed E-state index contributed by atoms with van der Waals surface area (Å²) in [5.74, 6) is -4.53. The lowest BCUT2D eigenvalue weighted by Gasteiger charge is -2.29. The van der Waals surface area contributed by atoms with Gasteiger partial charge in [0.15, 0.2) is 0 Å². The second-order valence-electron chi connectivity index (χ2n) is 9.97. The fourth-order valence-electron chi connectivity index (χ4n) is 4.23. The van der Waals surface area contributed by atoms with Crippen molar-refractivity contribution in [3.63, 3.8) is 0 Å². The predicted molar refractivity (Wildman–Crippen MR) is 130 cm³/mol. The molecule has 1 aliphatic rings. The number of amides is 1. The van der Waals surface area contributed by atoms with Crippen LogP contribution in [0.1, 0.15) is 48.4 Å². The van der Waals surface area contributed by atoms with E-state index in [-0.39, 0.29) is 16.8 Å². The van der Waals surface area contributed by atoms with Gasteiger partial charge in [-0.25, -0.2) is 0 Å². The van der Waals surface area contributed by atoms with Crippen LogP contribution in [0.2, 0.25) is 0 Å². The van der Waals surface area contributed by atoms with Crippen LogP contribution in [0.4, 0.5) is 26.3 Å². The maximum absolute atomic E-state index is 13.5. The first kappa shape index (κ1) is 29.6. The highest BCUT2D eigenvalue weighted by atomic mass is 19.4. The van der Waals surface area contributed by atoms with Crippen molar-refractivity contribution in [2.45, 2.75) is 51.6 Å². The van der Waals surface area contributed by atoms with Gasteiger partial charge in [-0.2, -0.15) is 13.2 Å².